The summed E-state index contributed by atoms with van der Waals surface area (Å²) in [4.78, 5) is 15.3. The van der Waals surface area contributed by atoms with Crippen molar-refractivity contribution in [3.8, 4) is 0 Å². The Morgan fingerprint density at radius 1 is 1.63 bits per heavy atom. The number of nitrogens with zero attached hydrogens (tertiary/aromatic N) is 2. The first-order chi connectivity index (χ1) is 8.89. The third-order valence-electron chi connectivity index (χ3n) is 2.13. The van der Waals surface area contributed by atoms with Crippen LogP contribution < -0.4 is 5.73 Å². The van der Waals surface area contributed by atoms with Crippen LogP contribution in [0.15, 0.2) is 10.5 Å². The van der Waals surface area contributed by atoms with Crippen LogP contribution in [0.3, 0.4) is 0 Å². The summed E-state index contributed by atoms with van der Waals surface area (Å²) < 4.78 is 27.1. The zero-order valence-electron chi connectivity index (χ0n) is 10.1. The number of esters is 1. The second kappa shape index (κ2) is 6.48. The lowest BCUT2D eigenvalue weighted by Crippen LogP contribution is -2.23. The molecule has 0 bridgehead atoms. The number of aromatic nitrogens is 1. The summed E-state index contributed by atoms with van der Waals surface area (Å²) in [5, 5.41) is 13.2. The molecular weight excluding hydrogens is 294 g/mol. The maximum Gasteiger partial charge on any atom is 0.362 e. The Bertz CT molecular complexity index is 578. The monoisotopic (exact) mass is 307 g/mol. The average Bonchev–Trinajstić information content (AvgIpc) is 2.76. The number of rotatable bonds is 6. The van der Waals surface area contributed by atoms with Crippen molar-refractivity contribution in [1.82, 2.24) is 4.98 Å². The van der Waals surface area contributed by atoms with E-state index in [0.717, 1.165) is 11.3 Å². The fourth-order valence-electron chi connectivity index (χ4n) is 1.07. The molecule has 0 saturated heterocycles. The first-order valence-electron chi connectivity index (χ1n) is 5.20. The number of nitrogen functional groups attached to an aromatic ring is 1. The summed E-state index contributed by atoms with van der Waals surface area (Å²) in [5.41, 5.74) is 5.05. The molecule has 0 atom stereocenters. The van der Waals surface area contributed by atoms with Gasteiger partial charge in [-0.2, -0.15) is 0 Å². The van der Waals surface area contributed by atoms with Crippen molar-refractivity contribution in [2.45, 2.75) is 6.92 Å². The number of nitrogens with two attached hydrogens (primary N) is 1. The predicted octanol–water partition coefficient (Wildman–Crippen LogP) is -0.118. The lowest BCUT2D eigenvalue weighted by Gasteiger charge is -2.04. The molecule has 0 saturated carbocycles. The van der Waals surface area contributed by atoms with Gasteiger partial charge in [0.05, 0.1) is 5.75 Å². The number of carbonyl (C=O) groups is 1. The first kappa shape index (κ1) is 15.4. The molecule has 1 aromatic heterocycles. The maximum atomic E-state index is 11.6. The number of carbonyl (C=O) groups excluding carboxylic acids is 1. The van der Waals surface area contributed by atoms with Crippen LogP contribution in [0.4, 0.5) is 5.13 Å². The van der Waals surface area contributed by atoms with Crippen molar-refractivity contribution >= 4 is 38.0 Å². The molecule has 1 rings (SSSR count). The number of anilines is 1. The molecule has 1 aromatic rings. The van der Waals surface area contributed by atoms with Gasteiger partial charge in [0.1, 0.15) is 12.3 Å². The van der Waals surface area contributed by atoms with E-state index < -0.39 is 21.5 Å². The molecule has 0 aliphatic rings. The van der Waals surface area contributed by atoms with Crippen molar-refractivity contribution in [2.75, 3.05) is 23.8 Å². The molecule has 0 aliphatic carbocycles. The van der Waals surface area contributed by atoms with Crippen LogP contribution in [0.5, 0.6) is 0 Å². The van der Waals surface area contributed by atoms with Gasteiger partial charge >= 0.3 is 5.97 Å². The number of ether oxygens (including phenoxy) is 1. The van der Waals surface area contributed by atoms with E-state index in [0.29, 0.717) is 0 Å². The summed E-state index contributed by atoms with van der Waals surface area (Å²) in [6.45, 7) is 1.18. The lowest BCUT2D eigenvalue weighted by atomic mass is 10.3. The van der Waals surface area contributed by atoms with Gasteiger partial charge in [0.2, 0.25) is 5.71 Å². The summed E-state index contributed by atoms with van der Waals surface area (Å²) in [6, 6.07) is 0. The van der Waals surface area contributed by atoms with E-state index in [9.17, 15) is 13.2 Å². The summed E-state index contributed by atoms with van der Waals surface area (Å²) >= 11 is 1.07. The van der Waals surface area contributed by atoms with Crippen molar-refractivity contribution in [3.63, 3.8) is 0 Å². The van der Waals surface area contributed by atoms with Gasteiger partial charge in [-0.05, 0) is 0 Å². The smallest absolute Gasteiger partial charge is 0.362 e. The van der Waals surface area contributed by atoms with Gasteiger partial charge in [-0.1, -0.05) is 12.1 Å². The molecule has 1 heterocycles. The lowest BCUT2D eigenvalue weighted by molar-refractivity contribution is -0.135. The molecule has 0 aromatic carbocycles. The highest BCUT2D eigenvalue weighted by molar-refractivity contribution is 7.91. The SMILES string of the molecule is CCS(=O)(=O)CCOC(=O)/C(=N/O)c1csc(N)n1. The zero-order chi connectivity index (χ0) is 14.5. The van der Waals surface area contributed by atoms with Crippen LogP contribution in [0, 0.1) is 0 Å². The minimum atomic E-state index is -3.22. The third-order valence-corrected chi connectivity index (χ3v) is 4.47. The Hall–Kier alpha value is -1.68. The van der Waals surface area contributed by atoms with E-state index in [2.05, 4.69) is 10.1 Å². The van der Waals surface area contributed by atoms with Crippen LogP contribution in [0.2, 0.25) is 0 Å². The second-order valence-corrected chi connectivity index (χ2v) is 6.75. The Labute approximate surface area is 113 Å². The van der Waals surface area contributed by atoms with E-state index >= 15 is 0 Å². The van der Waals surface area contributed by atoms with E-state index in [4.69, 9.17) is 15.7 Å². The van der Waals surface area contributed by atoms with Crippen LogP contribution >= 0.6 is 11.3 Å². The highest BCUT2D eigenvalue weighted by atomic mass is 32.2. The van der Waals surface area contributed by atoms with Gasteiger partial charge in [-0.25, -0.2) is 18.2 Å². The number of hydrogen-bond donors (Lipinski definition) is 2. The Kier molecular flexibility index (Phi) is 5.24. The molecule has 106 valence electrons. The van der Waals surface area contributed by atoms with Gasteiger partial charge < -0.3 is 15.7 Å². The van der Waals surface area contributed by atoms with Crippen LogP contribution in [-0.4, -0.2) is 48.4 Å². The highest BCUT2D eigenvalue weighted by Gasteiger charge is 2.20. The minimum absolute atomic E-state index is 0.0336. The van der Waals surface area contributed by atoms with Crippen molar-refractivity contribution in [1.29, 1.82) is 0 Å². The summed E-state index contributed by atoms with van der Waals surface area (Å²) in [7, 11) is -3.22. The van der Waals surface area contributed by atoms with E-state index in [1.807, 2.05) is 0 Å². The molecular formula is C9H13N3O5S2. The molecule has 3 N–H and O–H groups in total. The Balaban J connectivity index is 2.62. The Morgan fingerprint density at radius 2 is 2.32 bits per heavy atom. The topological polar surface area (TPSA) is 132 Å². The largest absolute Gasteiger partial charge is 0.460 e. The quantitative estimate of drug-likeness (QED) is 0.324. The first-order valence-corrected chi connectivity index (χ1v) is 7.90. The van der Waals surface area contributed by atoms with Crippen LogP contribution in [0.1, 0.15) is 12.6 Å². The summed E-state index contributed by atoms with van der Waals surface area (Å²) in [6.07, 6.45) is 0. The summed E-state index contributed by atoms with van der Waals surface area (Å²) in [5.74, 6) is -1.28. The Morgan fingerprint density at radius 3 is 2.79 bits per heavy atom. The predicted molar refractivity (Wildman–Crippen MR) is 70.1 cm³/mol. The second-order valence-electron chi connectivity index (χ2n) is 3.39. The fraction of sp³-hybridized carbons (Fsp3) is 0.444. The highest BCUT2D eigenvalue weighted by Crippen LogP contribution is 2.12. The molecule has 8 nitrogen and oxygen atoms in total. The van der Waals surface area contributed by atoms with Crippen LogP contribution in [0.25, 0.3) is 0 Å². The standard InChI is InChI=1S/C9H13N3O5S2/c1-2-19(15,16)4-3-17-8(13)7(12-14)6-5-18-9(10)11-6/h5,14H,2-4H2,1H3,(H2,10,11)/b12-7+. The maximum absolute atomic E-state index is 11.6. The van der Waals surface area contributed by atoms with E-state index in [-0.39, 0.29) is 28.9 Å². The normalized spacial score (nSPS) is 12.4. The van der Waals surface area contributed by atoms with Crippen molar-refractivity contribution in [2.24, 2.45) is 5.16 Å². The van der Waals surface area contributed by atoms with Crippen molar-refractivity contribution in [3.05, 3.63) is 11.1 Å². The number of hydrogen-bond acceptors (Lipinski definition) is 9. The molecule has 0 spiro atoms. The van der Waals surface area contributed by atoms with E-state index in [1.165, 1.54) is 12.3 Å². The molecule has 19 heavy (non-hydrogen) atoms. The number of oxime groups is 1. The fourth-order valence-corrected chi connectivity index (χ4v) is 2.24. The third kappa shape index (κ3) is 4.48. The van der Waals surface area contributed by atoms with Gasteiger partial charge in [-0.3, -0.25) is 0 Å². The molecule has 0 fully saturated rings. The molecule has 0 unspecified atom stereocenters. The zero-order valence-corrected chi connectivity index (χ0v) is 11.7. The van der Waals surface area contributed by atoms with Gasteiger partial charge in [0.15, 0.2) is 15.0 Å². The average molecular weight is 307 g/mol. The van der Waals surface area contributed by atoms with Crippen LogP contribution in [-0.2, 0) is 19.4 Å². The number of thiazole rings is 1. The van der Waals surface area contributed by atoms with Gasteiger partial charge in [0.25, 0.3) is 0 Å². The van der Waals surface area contributed by atoms with Gasteiger partial charge in [0, 0.05) is 11.1 Å². The molecule has 0 radical (unpaired) electrons. The number of sulfone groups is 1. The van der Waals surface area contributed by atoms with Gasteiger partial charge in [-0.15, -0.1) is 11.3 Å². The molecule has 10 heteroatoms. The minimum Gasteiger partial charge on any atom is -0.460 e. The van der Waals surface area contributed by atoms with Crippen molar-refractivity contribution < 1.29 is 23.2 Å². The molecule has 0 aliphatic heterocycles. The molecule has 0 amide bonds. The van der Waals surface area contributed by atoms with E-state index in [1.54, 1.807) is 0 Å².